The van der Waals surface area contributed by atoms with E-state index in [2.05, 4.69) is 5.32 Å². The van der Waals surface area contributed by atoms with E-state index in [0.29, 0.717) is 0 Å². The molecule has 1 fully saturated rings. The molecule has 0 aromatic rings. The molecule has 0 aromatic heterocycles. The van der Waals surface area contributed by atoms with Gasteiger partial charge < -0.3 is 10.1 Å². The number of carbonyl (C=O) groups is 1. The quantitative estimate of drug-likeness (QED) is 0.346. The fourth-order valence-corrected chi connectivity index (χ4v) is 2.09. The summed E-state index contributed by atoms with van der Waals surface area (Å²) in [4.78, 5) is 11.6. The van der Waals surface area contributed by atoms with Crippen LogP contribution in [0.25, 0.3) is 0 Å². The standard InChI is InChI=1S/C12H23N3O3/c1-12(2,3)18-11(16)14-9-6-4-8(5-7-9)10(13)15-17/h8-9,17H,4-7H2,1-3H3,(H2,13,15)(H,14,16)/t8-,9-. The summed E-state index contributed by atoms with van der Waals surface area (Å²) >= 11 is 0. The smallest absolute Gasteiger partial charge is 0.407 e. The number of hydrogen-bond acceptors (Lipinski definition) is 4. The SMILES string of the molecule is CC(C)(C)OC(=O)N[C@H]1CC[C@H](C(=N)NO)CC1. The van der Waals surface area contributed by atoms with Crippen LogP contribution in [0.3, 0.4) is 0 Å². The summed E-state index contributed by atoms with van der Waals surface area (Å²) in [7, 11) is 0. The van der Waals surface area contributed by atoms with Gasteiger partial charge in [-0.2, -0.15) is 0 Å². The van der Waals surface area contributed by atoms with Gasteiger partial charge in [-0.05, 0) is 46.5 Å². The van der Waals surface area contributed by atoms with Gasteiger partial charge in [0.25, 0.3) is 0 Å². The van der Waals surface area contributed by atoms with Crippen LogP contribution in [0.5, 0.6) is 0 Å². The van der Waals surface area contributed by atoms with Crippen LogP contribution >= 0.6 is 0 Å². The molecule has 0 spiro atoms. The van der Waals surface area contributed by atoms with Crippen LogP contribution in [0.2, 0.25) is 0 Å². The van der Waals surface area contributed by atoms with E-state index in [0.717, 1.165) is 25.7 Å². The number of amidine groups is 1. The average molecular weight is 257 g/mol. The molecule has 0 saturated heterocycles. The first kappa shape index (κ1) is 14.8. The molecule has 104 valence electrons. The Balaban J connectivity index is 2.31. The lowest BCUT2D eigenvalue weighted by molar-refractivity contribution is 0.0490. The van der Waals surface area contributed by atoms with Gasteiger partial charge in [0.1, 0.15) is 11.4 Å². The monoisotopic (exact) mass is 257 g/mol. The number of nitrogens with one attached hydrogen (secondary N) is 3. The van der Waals surface area contributed by atoms with Crippen molar-refractivity contribution in [2.45, 2.75) is 58.1 Å². The number of amides is 1. The Hall–Kier alpha value is -1.30. The van der Waals surface area contributed by atoms with Crippen molar-refractivity contribution >= 4 is 11.9 Å². The van der Waals surface area contributed by atoms with Gasteiger partial charge in [-0.25, -0.2) is 4.79 Å². The molecule has 0 aliphatic heterocycles. The normalized spacial score (nSPS) is 24.2. The second-order valence-corrected chi connectivity index (χ2v) is 5.72. The van der Waals surface area contributed by atoms with Crippen molar-refractivity contribution in [3.8, 4) is 0 Å². The van der Waals surface area contributed by atoms with E-state index < -0.39 is 5.60 Å². The van der Waals surface area contributed by atoms with E-state index in [1.54, 1.807) is 0 Å². The predicted octanol–water partition coefficient (Wildman–Crippen LogP) is 2.03. The maximum Gasteiger partial charge on any atom is 0.407 e. The van der Waals surface area contributed by atoms with Gasteiger partial charge in [0.15, 0.2) is 0 Å². The Morgan fingerprint density at radius 2 is 1.83 bits per heavy atom. The Bertz CT molecular complexity index is 304. The van der Waals surface area contributed by atoms with Crippen LogP contribution in [0.15, 0.2) is 0 Å². The number of hydroxylamine groups is 1. The molecule has 1 saturated carbocycles. The molecule has 18 heavy (non-hydrogen) atoms. The van der Waals surface area contributed by atoms with Crippen molar-refractivity contribution < 1.29 is 14.7 Å². The van der Waals surface area contributed by atoms with E-state index >= 15 is 0 Å². The van der Waals surface area contributed by atoms with Gasteiger partial charge in [-0.3, -0.25) is 16.1 Å². The van der Waals surface area contributed by atoms with Crippen molar-refractivity contribution in [2.75, 3.05) is 0 Å². The van der Waals surface area contributed by atoms with Gasteiger partial charge in [-0.15, -0.1) is 0 Å². The van der Waals surface area contributed by atoms with E-state index in [1.807, 2.05) is 26.3 Å². The molecule has 0 unspecified atom stereocenters. The van der Waals surface area contributed by atoms with Crippen molar-refractivity contribution in [3.05, 3.63) is 0 Å². The summed E-state index contributed by atoms with van der Waals surface area (Å²) in [5.74, 6) is 0.220. The zero-order valence-electron chi connectivity index (χ0n) is 11.2. The molecule has 1 aliphatic rings. The Kier molecular flexibility index (Phi) is 4.95. The molecule has 1 aliphatic carbocycles. The van der Waals surface area contributed by atoms with E-state index in [1.165, 1.54) is 0 Å². The van der Waals surface area contributed by atoms with E-state index in [9.17, 15) is 4.79 Å². The van der Waals surface area contributed by atoms with Gasteiger partial charge >= 0.3 is 6.09 Å². The summed E-state index contributed by atoms with van der Waals surface area (Å²) in [5.41, 5.74) is 1.41. The lowest BCUT2D eigenvalue weighted by Crippen LogP contribution is -2.42. The van der Waals surface area contributed by atoms with Gasteiger partial charge in [-0.1, -0.05) is 0 Å². The largest absolute Gasteiger partial charge is 0.444 e. The molecule has 1 rings (SSSR count). The Morgan fingerprint density at radius 3 is 2.28 bits per heavy atom. The van der Waals surface area contributed by atoms with E-state index in [4.69, 9.17) is 15.4 Å². The first-order chi connectivity index (χ1) is 8.31. The molecule has 0 aromatic carbocycles. The lowest BCUT2D eigenvalue weighted by Gasteiger charge is -2.29. The minimum absolute atomic E-state index is 0.0617. The predicted molar refractivity (Wildman–Crippen MR) is 67.8 cm³/mol. The van der Waals surface area contributed by atoms with Crippen LogP contribution in [-0.2, 0) is 4.74 Å². The van der Waals surface area contributed by atoms with E-state index in [-0.39, 0.29) is 23.9 Å². The highest BCUT2D eigenvalue weighted by Crippen LogP contribution is 2.24. The molecule has 0 heterocycles. The maximum absolute atomic E-state index is 11.6. The third-order valence-corrected chi connectivity index (χ3v) is 2.98. The van der Waals surface area contributed by atoms with Crippen LogP contribution < -0.4 is 10.8 Å². The zero-order chi connectivity index (χ0) is 13.8. The minimum atomic E-state index is -0.482. The second-order valence-electron chi connectivity index (χ2n) is 5.72. The van der Waals surface area contributed by atoms with Crippen molar-refractivity contribution in [2.24, 2.45) is 5.92 Å². The highest BCUT2D eigenvalue weighted by molar-refractivity contribution is 5.80. The molecule has 4 N–H and O–H groups in total. The Labute approximate surface area is 108 Å². The topological polar surface area (TPSA) is 94.4 Å². The summed E-state index contributed by atoms with van der Waals surface area (Å²) in [5, 5.41) is 19.0. The molecule has 6 nitrogen and oxygen atoms in total. The molecule has 0 radical (unpaired) electrons. The van der Waals surface area contributed by atoms with Crippen molar-refractivity contribution in [1.29, 1.82) is 5.41 Å². The third-order valence-electron chi connectivity index (χ3n) is 2.98. The first-order valence-electron chi connectivity index (χ1n) is 6.30. The average Bonchev–Trinajstić information content (AvgIpc) is 2.26. The van der Waals surface area contributed by atoms with Crippen molar-refractivity contribution in [1.82, 2.24) is 10.8 Å². The molecular formula is C12H23N3O3. The van der Waals surface area contributed by atoms with Crippen LogP contribution in [0.1, 0.15) is 46.5 Å². The highest BCUT2D eigenvalue weighted by Gasteiger charge is 2.26. The van der Waals surface area contributed by atoms with Crippen LogP contribution in [-0.4, -0.2) is 28.8 Å². The summed E-state index contributed by atoms with van der Waals surface area (Å²) < 4.78 is 5.19. The fraction of sp³-hybridized carbons (Fsp3) is 0.833. The summed E-state index contributed by atoms with van der Waals surface area (Å²) in [6, 6.07) is 0.0996. The van der Waals surface area contributed by atoms with Crippen LogP contribution in [0, 0.1) is 11.3 Å². The maximum atomic E-state index is 11.6. The highest BCUT2D eigenvalue weighted by atomic mass is 16.6. The third kappa shape index (κ3) is 4.91. The number of alkyl carbamates (subject to hydrolysis) is 1. The molecule has 1 amide bonds. The Morgan fingerprint density at radius 1 is 1.28 bits per heavy atom. The van der Waals surface area contributed by atoms with Gasteiger partial charge in [0.2, 0.25) is 0 Å². The molecule has 0 atom stereocenters. The summed E-state index contributed by atoms with van der Waals surface area (Å²) in [6.45, 7) is 5.49. The number of rotatable bonds is 2. The molecule has 6 heteroatoms. The second kappa shape index (κ2) is 6.04. The van der Waals surface area contributed by atoms with Gasteiger partial charge in [0.05, 0.1) is 0 Å². The summed E-state index contributed by atoms with van der Waals surface area (Å²) in [6.07, 6.45) is 2.78. The first-order valence-corrected chi connectivity index (χ1v) is 6.30. The fourth-order valence-electron chi connectivity index (χ4n) is 2.09. The molecular weight excluding hydrogens is 234 g/mol. The molecule has 0 bridgehead atoms. The number of ether oxygens (including phenoxy) is 1. The number of carbonyl (C=O) groups excluding carboxylic acids is 1. The zero-order valence-corrected chi connectivity index (χ0v) is 11.2. The van der Waals surface area contributed by atoms with Crippen molar-refractivity contribution in [3.63, 3.8) is 0 Å². The lowest BCUT2D eigenvalue weighted by atomic mass is 9.85. The van der Waals surface area contributed by atoms with Gasteiger partial charge in [0, 0.05) is 12.0 Å². The minimum Gasteiger partial charge on any atom is -0.444 e. The van der Waals surface area contributed by atoms with Crippen LogP contribution in [0.4, 0.5) is 4.79 Å². The number of hydrogen-bond donors (Lipinski definition) is 4.